The van der Waals surface area contributed by atoms with Crippen LogP contribution in [0.25, 0.3) is 0 Å². The molecular formula is C10H20N2O5S. The average Bonchev–Trinajstić information content (AvgIpc) is 2.28. The minimum atomic E-state index is -3.29. The normalized spacial score (nSPS) is 18.3. The Hall–Kier alpha value is -0.860. The van der Waals surface area contributed by atoms with Gasteiger partial charge in [-0.2, -0.15) is 4.31 Å². The van der Waals surface area contributed by atoms with Gasteiger partial charge in [-0.05, 0) is 12.8 Å². The third kappa shape index (κ3) is 4.11. The summed E-state index contributed by atoms with van der Waals surface area (Å²) in [4.78, 5) is 12.1. The summed E-state index contributed by atoms with van der Waals surface area (Å²) < 4.78 is 29.7. The SMILES string of the molecule is COCCN(C1CCN(C(=O)O)CC1)S(C)(=O)=O. The number of methoxy groups -OCH3 is 1. The van der Waals surface area contributed by atoms with Crippen molar-refractivity contribution in [1.29, 1.82) is 0 Å². The third-order valence-electron chi connectivity index (χ3n) is 3.08. The summed E-state index contributed by atoms with van der Waals surface area (Å²) in [6.45, 7) is 1.40. The van der Waals surface area contributed by atoms with Gasteiger partial charge in [0.05, 0.1) is 12.9 Å². The topological polar surface area (TPSA) is 87.2 Å². The van der Waals surface area contributed by atoms with E-state index in [0.717, 1.165) is 0 Å². The molecule has 1 fully saturated rings. The van der Waals surface area contributed by atoms with E-state index in [9.17, 15) is 13.2 Å². The summed E-state index contributed by atoms with van der Waals surface area (Å²) >= 11 is 0. The molecule has 0 radical (unpaired) electrons. The number of sulfonamides is 1. The van der Waals surface area contributed by atoms with Gasteiger partial charge < -0.3 is 14.7 Å². The van der Waals surface area contributed by atoms with Gasteiger partial charge in [0.2, 0.25) is 10.0 Å². The van der Waals surface area contributed by atoms with E-state index < -0.39 is 16.1 Å². The van der Waals surface area contributed by atoms with E-state index in [1.807, 2.05) is 0 Å². The monoisotopic (exact) mass is 280 g/mol. The fourth-order valence-corrected chi connectivity index (χ4v) is 3.30. The van der Waals surface area contributed by atoms with E-state index in [-0.39, 0.29) is 6.04 Å². The van der Waals surface area contributed by atoms with E-state index in [1.54, 1.807) is 0 Å². The average molecular weight is 280 g/mol. The van der Waals surface area contributed by atoms with Gasteiger partial charge in [-0.15, -0.1) is 0 Å². The zero-order valence-electron chi connectivity index (χ0n) is 10.7. The van der Waals surface area contributed by atoms with E-state index >= 15 is 0 Å². The minimum absolute atomic E-state index is 0.134. The quantitative estimate of drug-likeness (QED) is 0.768. The molecule has 7 nitrogen and oxygen atoms in total. The van der Waals surface area contributed by atoms with Crippen molar-refractivity contribution in [1.82, 2.24) is 9.21 Å². The van der Waals surface area contributed by atoms with Gasteiger partial charge in [-0.1, -0.05) is 0 Å². The maximum Gasteiger partial charge on any atom is 0.407 e. The van der Waals surface area contributed by atoms with Crippen molar-refractivity contribution in [3.05, 3.63) is 0 Å². The van der Waals surface area contributed by atoms with Crippen LogP contribution in [0.3, 0.4) is 0 Å². The van der Waals surface area contributed by atoms with Crippen LogP contribution in [0.4, 0.5) is 4.79 Å². The molecule has 1 N–H and O–H groups in total. The molecule has 0 spiro atoms. The molecule has 1 rings (SSSR count). The number of nitrogens with zero attached hydrogens (tertiary/aromatic N) is 2. The Bertz CT molecular complexity index is 376. The lowest BCUT2D eigenvalue weighted by Gasteiger charge is -2.36. The van der Waals surface area contributed by atoms with Gasteiger partial charge in [-0.25, -0.2) is 13.2 Å². The lowest BCUT2D eigenvalue weighted by Crippen LogP contribution is -2.49. The fraction of sp³-hybridized carbons (Fsp3) is 0.900. The van der Waals surface area contributed by atoms with Gasteiger partial charge in [0.1, 0.15) is 0 Å². The fourth-order valence-electron chi connectivity index (χ4n) is 2.15. The smallest absolute Gasteiger partial charge is 0.407 e. The first-order valence-corrected chi connectivity index (χ1v) is 7.64. The summed E-state index contributed by atoms with van der Waals surface area (Å²) in [7, 11) is -1.77. The van der Waals surface area contributed by atoms with Crippen LogP contribution in [0.15, 0.2) is 0 Å². The van der Waals surface area contributed by atoms with Crippen LogP contribution in [0.1, 0.15) is 12.8 Å². The molecular weight excluding hydrogens is 260 g/mol. The van der Waals surface area contributed by atoms with Crippen molar-refractivity contribution < 1.29 is 23.1 Å². The van der Waals surface area contributed by atoms with Crippen molar-refractivity contribution in [2.75, 3.05) is 39.6 Å². The predicted octanol–water partition coefficient (Wildman–Crippen LogP) is 0.0368. The van der Waals surface area contributed by atoms with Crippen molar-refractivity contribution in [3.63, 3.8) is 0 Å². The Balaban J connectivity index is 2.63. The molecule has 8 heteroatoms. The van der Waals surface area contributed by atoms with Gasteiger partial charge in [0.15, 0.2) is 0 Å². The van der Waals surface area contributed by atoms with E-state index in [4.69, 9.17) is 9.84 Å². The number of hydrogen-bond acceptors (Lipinski definition) is 4. The molecule has 1 heterocycles. The van der Waals surface area contributed by atoms with Crippen molar-refractivity contribution in [2.24, 2.45) is 0 Å². The number of rotatable bonds is 5. The second-order valence-corrected chi connectivity index (χ2v) is 6.30. The van der Waals surface area contributed by atoms with E-state index in [1.165, 1.54) is 22.6 Å². The van der Waals surface area contributed by atoms with Crippen molar-refractivity contribution in [2.45, 2.75) is 18.9 Å². The van der Waals surface area contributed by atoms with Crippen molar-refractivity contribution >= 4 is 16.1 Å². The molecule has 106 valence electrons. The van der Waals surface area contributed by atoms with Crippen LogP contribution < -0.4 is 0 Å². The summed E-state index contributed by atoms with van der Waals surface area (Å²) in [5, 5.41) is 8.84. The number of carboxylic acid groups (broad SMARTS) is 1. The van der Waals surface area contributed by atoms with Crippen LogP contribution in [0.2, 0.25) is 0 Å². The largest absolute Gasteiger partial charge is 0.465 e. The Labute approximate surface area is 107 Å². The van der Waals surface area contributed by atoms with Gasteiger partial charge >= 0.3 is 6.09 Å². The highest BCUT2D eigenvalue weighted by Gasteiger charge is 2.31. The standard InChI is InChI=1S/C10H20N2O5S/c1-17-8-7-12(18(2,15)16)9-3-5-11(6-4-9)10(13)14/h9H,3-8H2,1-2H3,(H,13,14). The van der Waals surface area contributed by atoms with Gasteiger partial charge in [0, 0.05) is 32.8 Å². The second-order valence-electron chi connectivity index (χ2n) is 4.37. The number of likely N-dealkylation sites (tertiary alicyclic amines) is 1. The summed E-state index contributed by atoms with van der Waals surface area (Å²) in [5.74, 6) is 0. The molecule has 0 unspecified atom stereocenters. The Morgan fingerprint density at radius 1 is 1.44 bits per heavy atom. The number of ether oxygens (including phenoxy) is 1. The number of piperidine rings is 1. The molecule has 0 aromatic heterocycles. The predicted molar refractivity (Wildman–Crippen MR) is 66.0 cm³/mol. The van der Waals surface area contributed by atoms with E-state index in [0.29, 0.717) is 39.1 Å². The lowest BCUT2D eigenvalue weighted by molar-refractivity contribution is 0.109. The zero-order chi connectivity index (χ0) is 13.8. The third-order valence-corrected chi connectivity index (χ3v) is 4.42. The number of hydrogen-bond donors (Lipinski definition) is 1. The summed E-state index contributed by atoms with van der Waals surface area (Å²) in [6.07, 6.45) is 1.29. The number of amides is 1. The molecule has 1 saturated heterocycles. The lowest BCUT2D eigenvalue weighted by atomic mass is 10.1. The molecule has 1 aliphatic heterocycles. The second kappa shape index (κ2) is 6.35. The van der Waals surface area contributed by atoms with Gasteiger partial charge in [-0.3, -0.25) is 0 Å². The first-order chi connectivity index (χ1) is 8.36. The maximum atomic E-state index is 11.7. The maximum absolute atomic E-state index is 11.7. The molecule has 0 aliphatic carbocycles. The highest BCUT2D eigenvalue weighted by atomic mass is 32.2. The summed E-state index contributed by atoms with van der Waals surface area (Å²) in [6, 6.07) is -0.134. The van der Waals surface area contributed by atoms with Crippen LogP contribution in [0, 0.1) is 0 Å². The van der Waals surface area contributed by atoms with Crippen molar-refractivity contribution in [3.8, 4) is 0 Å². The van der Waals surface area contributed by atoms with Gasteiger partial charge in [0.25, 0.3) is 0 Å². The molecule has 0 aromatic rings. The van der Waals surface area contributed by atoms with Crippen LogP contribution in [0.5, 0.6) is 0 Å². The number of carbonyl (C=O) groups is 1. The molecule has 18 heavy (non-hydrogen) atoms. The van der Waals surface area contributed by atoms with Crippen LogP contribution in [-0.2, 0) is 14.8 Å². The molecule has 1 aliphatic rings. The molecule has 0 bridgehead atoms. The highest BCUT2D eigenvalue weighted by molar-refractivity contribution is 7.88. The first kappa shape index (κ1) is 15.2. The Kier molecular flexibility index (Phi) is 5.36. The molecule has 0 aromatic carbocycles. The summed E-state index contributed by atoms with van der Waals surface area (Å²) in [5.41, 5.74) is 0. The van der Waals surface area contributed by atoms with Crippen LogP contribution in [-0.4, -0.2) is 74.5 Å². The van der Waals surface area contributed by atoms with E-state index in [2.05, 4.69) is 0 Å². The zero-order valence-corrected chi connectivity index (χ0v) is 11.5. The highest BCUT2D eigenvalue weighted by Crippen LogP contribution is 2.19. The molecule has 0 atom stereocenters. The first-order valence-electron chi connectivity index (χ1n) is 5.80. The Morgan fingerprint density at radius 3 is 2.39 bits per heavy atom. The Morgan fingerprint density at radius 2 is 2.00 bits per heavy atom. The molecule has 1 amide bonds. The molecule has 0 saturated carbocycles. The van der Waals surface area contributed by atoms with Crippen LogP contribution >= 0.6 is 0 Å². The minimum Gasteiger partial charge on any atom is -0.465 e.